The second-order valence-electron chi connectivity index (χ2n) is 7.78. The number of nitrogens with one attached hydrogen (secondary N) is 1. The van der Waals surface area contributed by atoms with Gasteiger partial charge in [0.15, 0.2) is 0 Å². The van der Waals surface area contributed by atoms with Crippen LogP contribution < -0.4 is 5.32 Å². The lowest BCUT2D eigenvalue weighted by Gasteiger charge is -2.38. The van der Waals surface area contributed by atoms with Crippen LogP contribution in [0.2, 0.25) is 0 Å². The van der Waals surface area contributed by atoms with Gasteiger partial charge < -0.3 is 10.2 Å². The number of carbonyl (C=O) groups is 1. The lowest BCUT2D eigenvalue weighted by atomic mass is 9.86. The van der Waals surface area contributed by atoms with E-state index in [-0.39, 0.29) is 5.41 Å². The number of rotatable bonds is 2. The number of amides is 1. The molecule has 1 saturated carbocycles. The lowest BCUT2D eigenvalue weighted by Crippen LogP contribution is -2.48. The molecular formula is C17H30N2O. The Balaban J connectivity index is 1.72. The van der Waals surface area contributed by atoms with Gasteiger partial charge in [-0.15, -0.1) is 0 Å². The third-order valence-electron chi connectivity index (χ3n) is 5.82. The van der Waals surface area contributed by atoms with E-state index in [0.29, 0.717) is 17.9 Å². The quantitative estimate of drug-likeness (QED) is 0.842. The van der Waals surface area contributed by atoms with E-state index in [2.05, 4.69) is 24.1 Å². The maximum atomic E-state index is 12.9. The number of hydrogen-bond donors (Lipinski definition) is 1. The van der Waals surface area contributed by atoms with Gasteiger partial charge in [0, 0.05) is 18.5 Å². The van der Waals surface area contributed by atoms with Crippen molar-refractivity contribution in [1.82, 2.24) is 10.2 Å². The van der Waals surface area contributed by atoms with E-state index in [1.165, 1.54) is 38.5 Å². The van der Waals surface area contributed by atoms with Crippen LogP contribution in [-0.4, -0.2) is 36.5 Å². The molecule has 3 heteroatoms. The maximum absolute atomic E-state index is 12.9. The minimum Gasteiger partial charge on any atom is -0.339 e. The molecular weight excluding hydrogens is 248 g/mol. The highest BCUT2D eigenvalue weighted by molar-refractivity contribution is 5.82. The Morgan fingerprint density at radius 2 is 1.80 bits per heavy atom. The van der Waals surface area contributed by atoms with Crippen LogP contribution in [0.5, 0.6) is 0 Å². The zero-order chi connectivity index (χ0) is 14.2. The number of nitrogens with zero attached hydrogens (tertiary/aromatic N) is 1. The topological polar surface area (TPSA) is 32.3 Å². The molecule has 1 aliphatic carbocycles. The van der Waals surface area contributed by atoms with Gasteiger partial charge in [-0.05, 0) is 56.5 Å². The molecule has 2 heterocycles. The highest BCUT2D eigenvalue weighted by Crippen LogP contribution is 2.53. The first kappa shape index (κ1) is 14.4. The van der Waals surface area contributed by atoms with Crippen molar-refractivity contribution in [3.63, 3.8) is 0 Å². The van der Waals surface area contributed by atoms with E-state index < -0.39 is 0 Å². The van der Waals surface area contributed by atoms with Crippen molar-refractivity contribution in [1.29, 1.82) is 0 Å². The number of hydrogen-bond acceptors (Lipinski definition) is 2. The molecule has 1 amide bonds. The number of piperidine rings is 1. The summed E-state index contributed by atoms with van der Waals surface area (Å²) in [6.45, 7) is 7.77. The van der Waals surface area contributed by atoms with Crippen molar-refractivity contribution < 1.29 is 4.79 Å². The van der Waals surface area contributed by atoms with Crippen LogP contribution in [0.4, 0.5) is 0 Å². The number of carbonyl (C=O) groups excluding carboxylic acids is 1. The molecule has 2 atom stereocenters. The SMILES string of the molecule is CC1(C)CC1C(=O)N1CCCCCC1C1CCNCC1. The molecule has 2 saturated heterocycles. The second-order valence-corrected chi connectivity index (χ2v) is 7.78. The third-order valence-corrected chi connectivity index (χ3v) is 5.82. The molecule has 114 valence electrons. The van der Waals surface area contributed by atoms with Crippen LogP contribution >= 0.6 is 0 Å². The summed E-state index contributed by atoms with van der Waals surface area (Å²) in [6, 6.07) is 0.531. The van der Waals surface area contributed by atoms with Gasteiger partial charge in [-0.2, -0.15) is 0 Å². The summed E-state index contributed by atoms with van der Waals surface area (Å²) in [5, 5.41) is 3.46. The predicted octanol–water partition coefficient (Wildman–Crippen LogP) is 2.80. The molecule has 3 rings (SSSR count). The van der Waals surface area contributed by atoms with Gasteiger partial charge in [0.2, 0.25) is 5.91 Å². The standard InChI is InChI=1S/C17H30N2O/c1-17(2)12-14(17)16(20)19-11-5-3-4-6-15(19)13-7-9-18-10-8-13/h13-15,18H,3-12H2,1-2H3. The van der Waals surface area contributed by atoms with Crippen LogP contribution in [-0.2, 0) is 4.79 Å². The zero-order valence-electron chi connectivity index (χ0n) is 13.2. The van der Waals surface area contributed by atoms with Crippen LogP contribution in [0.3, 0.4) is 0 Å². The molecule has 2 aliphatic heterocycles. The number of likely N-dealkylation sites (tertiary alicyclic amines) is 1. The van der Waals surface area contributed by atoms with E-state index >= 15 is 0 Å². The van der Waals surface area contributed by atoms with Crippen molar-refractivity contribution in [2.24, 2.45) is 17.3 Å². The highest BCUT2D eigenvalue weighted by atomic mass is 16.2. The van der Waals surface area contributed by atoms with Crippen LogP contribution in [0.1, 0.15) is 58.8 Å². The van der Waals surface area contributed by atoms with Gasteiger partial charge in [0.1, 0.15) is 0 Å². The molecule has 0 spiro atoms. The summed E-state index contributed by atoms with van der Waals surface area (Å²) in [6.07, 6.45) is 8.67. The fraction of sp³-hybridized carbons (Fsp3) is 0.941. The van der Waals surface area contributed by atoms with Gasteiger partial charge in [-0.1, -0.05) is 26.7 Å². The fourth-order valence-electron chi connectivity index (χ4n) is 4.22. The Kier molecular flexibility index (Phi) is 4.07. The molecule has 3 nitrogen and oxygen atoms in total. The molecule has 0 aromatic carbocycles. The van der Waals surface area contributed by atoms with Gasteiger partial charge in [-0.25, -0.2) is 0 Å². The minimum atomic E-state index is 0.266. The summed E-state index contributed by atoms with van der Waals surface area (Å²) >= 11 is 0. The summed E-state index contributed by atoms with van der Waals surface area (Å²) in [5.74, 6) is 1.52. The van der Waals surface area contributed by atoms with E-state index in [0.717, 1.165) is 32.0 Å². The fourth-order valence-corrected chi connectivity index (χ4v) is 4.22. The Morgan fingerprint density at radius 1 is 1.10 bits per heavy atom. The van der Waals surface area contributed by atoms with Crippen molar-refractivity contribution in [2.75, 3.05) is 19.6 Å². The summed E-state index contributed by atoms with van der Waals surface area (Å²) in [5.41, 5.74) is 0.266. The first-order valence-electron chi connectivity index (χ1n) is 8.61. The Labute approximate surface area is 123 Å². The van der Waals surface area contributed by atoms with Gasteiger partial charge in [-0.3, -0.25) is 4.79 Å². The molecule has 0 bridgehead atoms. The summed E-state index contributed by atoms with van der Waals surface area (Å²) in [4.78, 5) is 15.2. The van der Waals surface area contributed by atoms with Crippen molar-refractivity contribution >= 4 is 5.91 Å². The summed E-state index contributed by atoms with van der Waals surface area (Å²) < 4.78 is 0. The largest absolute Gasteiger partial charge is 0.339 e. The molecule has 3 fully saturated rings. The van der Waals surface area contributed by atoms with Crippen LogP contribution in [0.25, 0.3) is 0 Å². The van der Waals surface area contributed by atoms with E-state index in [9.17, 15) is 4.79 Å². The first-order chi connectivity index (χ1) is 9.59. The van der Waals surface area contributed by atoms with Crippen LogP contribution in [0.15, 0.2) is 0 Å². The molecule has 3 aliphatic rings. The Morgan fingerprint density at radius 3 is 2.45 bits per heavy atom. The molecule has 0 radical (unpaired) electrons. The van der Waals surface area contributed by atoms with Gasteiger partial charge >= 0.3 is 0 Å². The highest BCUT2D eigenvalue weighted by Gasteiger charge is 2.53. The lowest BCUT2D eigenvalue weighted by molar-refractivity contribution is -0.137. The monoisotopic (exact) mass is 278 g/mol. The molecule has 0 aromatic rings. The molecule has 2 unspecified atom stereocenters. The Hall–Kier alpha value is -0.570. The van der Waals surface area contributed by atoms with E-state index in [1.54, 1.807) is 0 Å². The normalized spacial score (nSPS) is 34.6. The van der Waals surface area contributed by atoms with Gasteiger partial charge in [0.25, 0.3) is 0 Å². The first-order valence-corrected chi connectivity index (χ1v) is 8.61. The predicted molar refractivity (Wildman–Crippen MR) is 81.5 cm³/mol. The Bertz CT molecular complexity index is 360. The zero-order valence-corrected chi connectivity index (χ0v) is 13.2. The van der Waals surface area contributed by atoms with Crippen molar-refractivity contribution in [3.8, 4) is 0 Å². The van der Waals surface area contributed by atoms with Crippen LogP contribution in [0, 0.1) is 17.3 Å². The molecule has 20 heavy (non-hydrogen) atoms. The van der Waals surface area contributed by atoms with Crippen molar-refractivity contribution in [2.45, 2.75) is 64.8 Å². The average molecular weight is 278 g/mol. The third kappa shape index (κ3) is 2.88. The van der Waals surface area contributed by atoms with Crippen molar-refractivity contribution in [3.05, 3.63) is 0 Å². The average Bonchev–Trinajstić information content (AvgIpc) is 3.15. The van der Waals surface area contributed by atoms with E-state index in [4.69, 9.17) is 0 Å². The van der Waals surface area contributed by atoms with E-state index in [1.807, 2.05) is 0 Å². The summed E-state index contributed by atoms with van der Waals surface area (Å²) in [7, 11) is 0. The maximum Gasteiger partial charge on any atom is 0.226 e. The molecule has 1 N–H and O–H groups in total. The molecule has 0 aromatic heterocycles. The minimum absolute atomic E-state index is 0.266. The van der Waals surface area contributed by atoms with Gasteiger partial charge in [0.05, 0.1) is 0 Å². The smallest absolute Gasteiger partial charge is 0.226 e. The second kappa shape index (κ2) is 5.67.